The van der Waals surface area contributed by atoms with E-state index in [1.54, 1.807) is 49.4 Å². The molecule has 0 unspecified atom stereocenters. The third kappa shape index (κ3) is 6.72. The molecule has 3 rings (SSSR count). The average Bonchev–Trinajstić information content (AvgIpc) is 2.92. The van der Waals surface area contributed by atoms with Crippen molar-refractivity contribution in [1.82, 2.24) is 10.2 Å². The van der Waals surface area contributed by atoms with Gasteiger partial charge in [-0.2, -0.15) is 0 Å². The van der Waals surface area contributed by atoms with E-state index in [0.29, 0.717) is 18.8 Å². The third-order valence-corrected chi connectivity index (χ3v) is 7.89. The lowest BCUT2D eigenvalue weighted by molar-refractivity contribution is -0.140. The van der Waals surface area contributed by atoms with Crippen molar-refractivity contribution in [3.05, 3.63) is 90.0 Å². The third-order valence-electron chi connectivity index (χ3n) is 6.11. The molecule has 0 aromatic heterocycles. The summed E-state index contributed by atoms with van der Waals surface area (Å²) in [6.07, 6.45) is 0.359. The first kappa shape index (κ1) is 28.7. The van der Waals surface area contributed by atoms with E-state index in [-0.39, 0.29) is 23.0 Å². The number of hydrogen-bond donors (Lipinski definition) is 1. The zero-order valence-corrected chi connectivity index (χ0v) is 23.1. The van der Waals surface area contributed by atoms with Gasteiger partial charge in [-0.05, 0) is 50.1 Å². The van der Waals surface area contributed by atoms with Crippen LogP contribution in [0, 0.1) is 6.92 Å². The molecule has 0 spiro atoms. The summed E-state index contributed by atoms with van der Waals surface area (Å²) in [5.41, 5.74) is 2.10. The summed E-state index contributed by atoms with van der Waals surface area (Å²) in [6, 6.07) is 21.6. The minimum absolute atomic E-state index is 0.0441. The van der Waals surface area contributed by atoms with E-state index in [9.17, 15) is 18.0 Å². The van der Waals surface area contributed by atoms with Crippen LogP contribution in [0.3, 0.4) is 0 Å². The maximum atomic E-state index is 14.0. The molecule has 1 atom stereocenters. The number of aryl methyl sites for hydroxylation is 1. The highest BCUT2D eigenvalue weighted by Crippen LogP contribution is 2.33. The minimum Gasteiger partial charge on any atom is -0.492 e. The fourth-order valence-electron chi connectivity index (χ4n) is 4.27. The quantitative estimate of drug-likeness (QED) is 0.375. The molecule has 0 heterocycles. The molecule has 0 aliphatic rings. The maximum absolute atomic E-state index is 14.0. The number of rotatable bonds is 12. The Labute approximate surface area is 225 Å². The van der Waals surface area contributed by atoms with Crippen LogP contribution in [-0.2, 0) is 26.2 Å². The van der Waals surface area contributed by atoms with Crippen molar-refractivity contribution in [1.29, 1.82) is 0 Å². The van der Waals surface area contributed by atoms with Gasteiger partial charge in [0, 0.05) is 13.6 Å². The number of carbonyl (C=O) groups is 2. The molecule has 0 saturated heterocycles. The topological polar surface area (TPSA) is 96.0 Å². The van der Waals surface area contributed by atoms with E-state index in [1.807, 2.05) is 38.1 Å². The van der Waals surface area contributed by atoms with Crippen molar-refractivity contribution in [3.63, 3.8) is 0 Å². The first-order chi connectivity index (χ1) is 18.2. The maximum Gasteiger partial charge on any atom is 0.264 e. The fraction of sp³-hybridized carbons (Fsp3) is 0.310. The Morgan fingerprint density at radius 1 is 0.947 bits per heavy atom. The lowest BCUT2D eigenvalue weighted by Gasteiger charge is -2.33. The van der Waals surface area contributed by atoms with Crippen molar-refractivity contribution in [2.24, 2.45) is 0 Å². The molecule has 3 aromatic rings. The smallest absolute Gasteiger partial charge is 0.264 e. The fourth-order valence-corrected chi connectivity index (χ4v) is 5.71. The van der Waals surface area contributed by atoms with Gasteiger partial charge in [0.05, 0.1) is 17.2 Å². The molecule has 202 valence electrons. The second-order valence-corrected chi connectivity index (χ2v) is 10.6. The van der Waals surface area contributed by atoms with Crippen LogP contribution in [0.1, 0.15) is 31.4 Å². The second-order valence-electron chi connectivity index (χ2n) is 8.77. The summed E-state index contributed by atoms with van der Waals surface area (Å²) in [7, 11) is -2.64. The number of carbonyl (C=O) groups excluding carboxylic acids is 2. The number of amides is 2. The van der Waals surface area contributed by atoms with Crippen LogP contribution in [-0.4, -0.2) is 51.4 Å². The normalized spacial score (nSPS) is 11.9. The van der Waals surface area contributed by atoms with Gasteiger partial charge >= 0.3 is 0 Å². The standard InChI is InChI=1S/C29H35N3O5S/c1-5-25(29(34)30-4)31(20-23-14-12-13-22(3)19-23)28(33)21-32(26-17-10-11-18-27(26)37-6-2)38(35,36)24-15-8-7-9-16-24/h7-19,25H,5-6,20-21H2,1-4H3,(H,30,34)/t25-/m1/s1. The van der Waals surface area contributed by atoms with Gasteiger partial charge in [-0.3, -0.25) is 13.9 Å². The lowest BCUT2D eigenvalue weighted by atomic mass is 10.1. The number of benzene rings is 3. The summed E-state index contributed by atoms with van der Waals surface area (Å²) >= 11 is 0. The van der Waals surface area contributed by atoms with Crippen molar-refractivity contribution in [2.75, 3.05) is 24.5 Å². The Balaban J connectivity index is 2.10. The SMILES string of the molecule is CCOc1ccccc1N(CC(=O)N(Cc1cccc(C)c1)[C@H](CC)C(=O)NC)S(=O)(=O)c1ccccc1. The van der Waals surface area contributed by atoms with Crippen LogP contribution in [0.25, 0.3) is 0 Å². The van der Waals surface area contributed by atoms with Crippen molar-refractivity contribution < 1.29 is 22.7 Å². The Bertz CT molecular complexity index is 1350. The molecular formula is C29H35N3O5S. The molecular weight excluding hydrogens is 502 g/mol. The van der Waals surface area contributed by atoms with E-state index in [4.69, 9.17) is 4.74 Å². The number of nitrogens with zero attached hydrogens (tertiary/aromatic N) is 2. The van der Waals surface area contributed by atoms with Crippen LogP contribution in [0.2, 0.25) is 0 Å². The van der Waals surface area contributed by atoms with Gasteiger partial charge < -0.3 is 15.0 Å². The number of para-hydroxylation sites is 2. The zero-order chi connectivity index (χ0) is 27.7. The number of anilines is 1. The van der Waals surface area contributed by atoms with Crippen LogP contribution in [0.4, 0.5) is 5.69 Å². The number of likely N-dealkylation sites (N-methyl/N-ethyl adjacent to an activating group) is 1. The summed E-state index contributed by atoms with van der Waals surface area (Å²) < 4.78 is 34.6. The summed E-state index contributed by atoms with van der Waals surface area (Å²) in [6.45, 7) is 5.53. The number of nitrogens with one attached hydrogen (secondary N) is 1. The van der Waals surface area contributed by atoms with Crippen LogP contribution >= 0.6 is 0 Å². The highest BCUT2D eigenvalue weighted by Gasteiger charge is 2.34. The summed E-state index contributed by atoms with van der Waals surface area (Å²) in [5, 5.41) is 2.63. The summed E-state index contributed by atoms with van der Waals surface area (Å²) in [4.78, 5) is 28.3. The van der Waals surface area contributed by atoms with E-state index >= 15 is 0 Å². The molecule has 2 amide bonds. The van der Waals surface area contributed by atoms with Crippen LogP contribution < -0.4 is 14.4 Å². The number of ether oxygens (including phenoxy) is 1. The van der Waals surface area contributed by atoms with Crippen molar-refractivity contribution >= 4 is 27.5 Å². The van der Waals surface area contributed by atoms with Gasteiger partial charge in [0.2, 0.25) is 11.8 Å². The Morgan fingerprint density at radius 2 is 1.63 bits per heavy atom. The molecule has 8 nitrogen and oxygen atoms in total. The molecule has 0 fully saturated rings. The highest BCUT2D eigenvalue weighted by molar-refractivity contribution is 7.92. The van der Waals surface area contributed by atoms with E-state index < -0.39 is 28.5 Å². The first-order valence-corrected chi connectivity index (χ1v) is 14.0. The molecule has 38 heavy (non-hydrogen) atoms. The molecule has 0 bridgehead atoms. The zero-order valence-electron chi connectivity index (χ0n) is 22.3. The molecule has 1 N–H and O–H groups in total. The van der Waals surface area contributed by atoms with Crippen molar-refractivity contribution in [3.8, 4) is 5.75 Å². The highest BCUT2D eigenvalue weighted by atomic mass is 32.2. The number of hydrogen-bond acceptors (Lipinski definition) is 5. The Kier molecular flexibility index (Phi) is 9.90. The Morgan fingerprint density at radius 3 is 2.26 bits per heavy atom. The van der Waals surface area contributed by atoms with Crippen molar-refractivity contribution in [2.45, 2.75) is 44.7 Å². The van der Waals surface area contributed by atoms with Gasteiger partial charge in [0.15, 0.2) is 0 Å². The average molecular weight is 538 g/mol. The summed E-state index contributed by atoms with van der Waals surface area (Å²) in [5.74, 6) is -0.487. The number of sulfonamides is 1. The molecule has 3 aromatic carbocycles. The largest absolute Gasteiger partial charge is 0.492 e. The molecule has 0 radical (unpaired) electrons. The van der Waals surface area contributed by atoms with E-state index in [1.165, 1.54) is 24.1 Å². The van der Waals surface area contributed by atoms with Gasteiger partial charge in [-0.1, -0.05) is 67.1 Å². The Hall–Kier alpha value is -3.85. The predicted molar refractivity (Wildman–Crippen MR) is 148 cm³/mol. The molecule has 0 aliphatic heterocycles. The van der Waals surface area contributed by atoms with Crippen LogP contribution in [0.5, 0.6) is 5.75 Å². The van der Waals surface area contributed by atoms with Gasteiger partial charge in [-0.25, -0.2) is 8.42 Å². The van der Waals surface area contributed by atoms with Crippen LogP contribution in [0.15, 0.2) is 83.8 Å². The lowest BCUT2D eigenvalue weighted by Crippen LogP contribution is -2.51. The van der Waals surface area contributed by atoms with Gasteiger partial charge in [-0.15, -0.1) is 0 Å². The molecule has 0 saturated carbocycles. The minimum atomic E-state index is -4.16. The predicted octanol–water partition coefficient (Wildman–Crippen LogP) is 4.14. The molecule has 0 aliphatic carbocycles. The monoisotopic (exact) mass is 537 g/mol. The van der Waals surface area contributed by atoms with Gasteiger partial charge in [0.25, 0.3) is 10.0 Å². The van der Waals surface area contributed by atoms with Gasteiger partial charge in [0.1, 0.15) is 18.3 Å². The van der Waals surface area contributed by atoms with E-state index in [2.05, 4.69) is 5.32 Å². The second kappa shape index (κ2) is 13.1. The van der Waals surface area contributed by atoms with E-state index in [0.717, 1.165) is 15.4 Å². The first-order valence-electron chi connectivity index (χ1n) is 12.6. The molecule has 9 heteroatoms.